The van der Waals surface area contributed by atoms with Crippen LogP contribution in [-0.2, 0) is 6.42 Å². The van der Waals surface area contributed by atoms with E-state index in [4.69, 9.17) is 11.6 Å². The lowest BCUT2D eigenvalue weighted by Gasteiger charge is -2.21. The van der Waals surface area contributed by atoms with E-state index in [2.05, 4.69) is 16.9 Å². The van der Waals surface area contributed by atoms with Gasteiger partial charge in [0.25, 0.3) is 0 Å². The van der Waals surface area contributed by atoms with E-state index in [1.807, 2.05) is 18.9 Å². The minimum Gasteiger partial charge on any atom is -0.393 e. The molecule has 1 rings (SSSR count). The summed E-state index contributed by atoms with van der Waals surface area (Å²) in [7, 11) is 1.96. The van der Waals surface area contributed by atoms with Gasteiger partial charge in [0.1, 0.15) is 16.8 Å². The second-order valence-electron chi connectivity index (χ2n) is 4.69. The maximum absolute atomic E-state index is 9.33. The zero-order valence-electron chi connectivity index (χ0n) is 11.6. The summed E-state index contributed by atoms with van der Waals surface area (Å²) in [5.41, 5.74) is 0.893. The van der Waals surface area contributed by atoms with Crippen molar-refractivity contribution in [1.29, 1.82) is 0 Å². The average molecular weight is 272 g/mol. The number of aliphatic hydroxyl groups excluding tert-OH is 1. The lowest BCUT2D eigenvalue weighted by molar-refractivity contribution is 0.187. The number of aryl methyl sites for hydroxylation is 1. The fraction of sp³-hybridized carbons (Fsp3) is 0.692. The smallest absolute Gasteiger partial charge is 0.137 e. The number of anilines is 1. The Morgan fingerprint density at radius 3 is 2.61 bits per heavy atom. The molecule has 1 unspecified atom stereocenters. The van der Waals surface area contributed by atoms with Gasteiger partial charge in [-0.1, -0.05) is 18.5 Å². The molecule has 0 saturated heterocycles. The fourth-order valence-electron chi connectivity index (χ4n) is 1.71. The lowest BCUT2D eigenvalue weighted by atomic mass is 10.2. The van der Waals surface area contributed by atoms with Crippen LogP contribution in [0.1, 0.15) is 38.1 Å². The van der Waals surface area contributed by atoms with Crippen molar-refractivity contribution in [2.75, 3.05) is 18.5 Å². The van der Waals surface area contributed by atoms with Crippen molar-refractivity contribution >= 4 is 17.4 Å². The fourth-order valence-corrected chi connectivity index (χ4v) is 1.90. The highest BCUT2D eigenvalue weighted by atomic mass is 35.5. The van der Waals surface area contributed by atoms with Crippen LogP contribution in [0.25, 0.3) is 0 Å². The van der Waals surface area contributed by atoms with Crippen molar-refractivity contribution in [3.63, 3.8) is 0 Å². The summed E-state index contributed by atoms with van der Waals surface area (Å²) in [5.74, 6) is 1.64. The molecule has 0 saturated carbocycles. The molecule has 0 aliphatic rings. The van der Waals surface area contributed by atoms with Crippen molar-refractivity contribution in [3.8, 4) is 0 Å². The molecule has 1 atom stereocenters. The van der Waals surface area contributed by atoms with Gasteiger partial charge in [-0.3, -0.25) is 0 Å². The minimum atomic E-state index is -0.305. The van der Waals surface area contributed by atoms with Gasteiger partial charge in [0.15, 0.2) is 0 Å². The third kappa shape index (κ3) is 4.10. The molecule has 0 amide bonds. The van der Waals surface area contributed by atoms with Crippen molar-refractivity contribution in [2.45, 2.75) is 46.1 Å². The molecule has 1 aromatic heterocycles. The molecule has 0 fully saturated rings. The molecule has 18 heavy (non-hydrogen) atoms. The van der Waals surface area contributed by atoms with Crippen LogP contribution in [0, 0.1) is 6.92 Å². The molecule has 4 nitrogen and oxygen atoms in total. The normalized spacial score (nSPS) is 12.6. The highest BCUT2D eigenvalue weighted by Crippen LogP contribution is 2.23. The van der Waals surface area contributed by atoms with Gasteiger partial charge in [-0.15, -0.1) is 0 Å². The number of hydrogen-bond donors (Lipinski definition) is 1. The Balaban J connectivity index is 2.91. The van der Waals surface area contributed by atoms with E-state index in [1.165, 1.54) is 0 Å². The second-order valence-corrected chi connectivity index (χ2v) is 5.05. The van der Waals surface area contributed by atoms with Gasteiger partial charge in [-0.05, 0) is 26.7 Å². The van der Waals surface area contributed by atoms with Gasteiger partial charge in [-0.2, -0.15) is 0 Å². The van der Waals surface area contributed by atoms with Gasteiger partial charge in [0.2, 0.25) is 0 Å². The zero-order valence-corrected chi connectivity index (χ0v) is 12.3. The maximum atomic E-state index is 9.33. The molecule has 0 bridgehead atoms. The molecule has 5 heteroatoms. The van der Waals surface area contributed by atoms with E-state index >= 15 is 0 Å². The van der Waals surface area contributed by atoms with E-state index < -0.39 is 0 Å². The van der Waals surface area contributed by atoms with Crippen molar-refractivity contribution < 1.29 is 5.11 Å². The van der Waals surface area contributed by atoms with Crippen molar-refractivity contribution in [2.24, 2.45) is 0 Å². The minimum absolute atomic E-state index is 0.305. The molecule has 102 valence electrons. The van der Waals surface area contributed by atoms with Crippen LogP contribution in [0.2, 0.25) is 5.15 Å². The molecule has 1 aromatic rings. The molecular formula is C13H22ClN3O. The first kappa shape index (κ1) is 15.2. The largest absolute Gasteiger partial charge is 0.393 e. The standard InChI is InChI=1S/C13H22ClN3O/c1-5-6-11-15-12(14)10(3)13(16-11)17(4)8-7-9(2)18/h9,18H,5-8H2,1-4H3. The van der Waals surface area contributed by atoms with Gasteiger partial charge in [0.05, 0.1) is 6.10 Å². The zero-order chi connectivity index (χ0) is 13.7. The summed E-state index contributed by atoms with van der Waals surface area (Å²) in [6, 6.07) is 0. The Morgan fingerprint density at radius 2 is 2.06 bits per heavy atom. The number of aliphatic hydroxyl groups is 1. The Bertz CT molecular complexity index is 396. The van der Waals surface area contributed by atoms with Crippen LogP contribution in [0.3, 0.4) is 0 Å². The number of nitrogens with zero attached hydrogens (tertiary/aromatic N) is 3. The lowest BCUT2D eigenvalue weighted by Crippen LogP contribution is -2.24. The highest BCUT2D eigenvalue weighted by molar-refractivity contribution is 6.30. The number of aromatic nitrogens is 2. The maximum Gasteiger partial charge on any atom is 0.137 e. The van der Waals surface area contributed by atoms with Crippen LogP contribution >= 0.6 is 11.6 Å². The van der Waals surface area contributed by atoms with E-state index in [-0.39, 0.29) is 6.10 Å². The van der Waals surface area contributed by atoms with E-state index in [0.29, 0.717) is 11.6 Å². The van der Waals surface area contributed by atoms with E-state index in [0.717, 1.165) is 36.6 Å². The third-order valence-electron chi connectivity index (χ3n) is 2.82. The Kier molecular flexibility index (Phi) is 5.82. The van der Waals surface area contributed by atoms with Gasteiger partial charge < -0.3 is 10.0 Å². The summed E-state index contributed by atoms with van der Waals surface area (Å²) in [6.07, 6.45) is 2.23. The average Bonchev–Trinajstić information content (AvgIpc) is 2.30. The quantitative estimate of drug-likeness (QED) is 0.808. The van der Waals surface area contributed by atoms with Gasteiger partial charge in [0, 0.05) is 25.6 Å². The first-order chi connectivity index (χ1) is 8.45. The predicted octanol–water partition coefficient (Wildman–Crippen LogP) is 2.60. The van der Waals surface area contributed by atoms with Crippen LogP contribution < -0.4 is 4.90 Å². The van der Waals surface area contributed by atoms with Crippen LogP contribution in [0.15, 0.2) is 0 Å². The topological polar surface area (TPSA) is 49.2 Å². The predicted molar refractivity (Wildman–Crippen MR) is 75.3 cm³/mol. The Morgan fingerprint density at radius 1 is 1.39 bits per heavy atom. The molecular weight excluding hydrogens is 250 g/mol. The third-order valence-corrected chi connectivity index (χ3v) is 3.19. The molecule has 0 spiro atoms. The molecule has 1 heterocycles. The first-order valence-electron chi connectivity index (χ1n) is 6.37. The number of hydrogen-bond acceptors (Lipinski definition) is 4. The first-order valence-corrected chi connectivity index (χ1v) is 6.75. The summed E-state index contributed by atoms with van der Waals surface area (Å²) in [6.45, 7) is 6.55. The van der Waals surface area contributed by atoms with Crippen molar-refractivity contribution in [3.05, 3.63) is 16.5 Å². The number of halogens is 1. The Labute approximate surface area is 114 Å². The number of rotatable bonds is 6. The summed E-state index contributed by atoms with van der Waals surface area (Å²) in [4.78, 5) is 10.9. The molecule has 0 aromatic carbocycles. The summed E-state index contributed by atoms with van der Waals surface area (Å²) >= 11 is 6.13. The highest BCUT2D eigenvalue weighted by Gasteiger charge is 2.13. The van der Waals surface area contributed by atoms with Gasteiger partial charge in [-0.25, -0.2) is 9.97 Å². The summed E-state index contributed by atoms with van der Waals surface area (Å²) < 4.78 is 0. The molecule has 1 N–H and O–H groups in total. The second kappa shape index (κ2) is 6.90. The monoisotopic (exact) mass is 271 g/mol. The van der Waals surface area contributed by atoms with Crippen LogP contribution in [-0.4, -0.2) is 34.8 Å². The van der Waals surface area contributed by atoms with Gasteiger partial charge >= 0.3 is 0 Å². The van der Waals surface area contributed by atoms with E-state index in [1.54, 1.807) is 6.92 Å². The van der Waals surface area contributed by atoms with Crippen LogP contribution in [0.5, 0.6) is 0 Å². The van der Waals surface area contributed by atoms with Crippen molar-refractivity contribution in [1.82, 2.24) is 9.97 Å². The SMILES string of the molecule is CCCc1nc(Cl)c(C)c(N(C)CCC(C)O)n1. The molecule has 0 aliphatic heterocycles. The summed E-state index contributed by atoms with van der Waals surface area (Å²) in [5, 5.41) is 9.85. The molecule has 0 aliphatic carbocycles. The Hall–Kier alpha value is -0.870. The van der Waals surface area contributed by atoms with Crippen LogP contribution in [0.4, 0.5) is 5.82 Å². The van der Waals surface area contributed by atoms with E-state index in [9.17, 15) is 5.11 Å². The molecule has 0 radical (unpaired) electrons.